The molecule has 0 aliphatic rings. The summed E-state index contributed by atoms with van der Waals surface area (Å²) in [6.45, 7) is 1.77. The molecule has 128 valence electrons. The van der Waals surface area contributed by atoms with Crippen molar-refractivity contribution >= 4 is 17.4 Å². The second-order valence-electron chi connectivity index (χ2n) is 5.22. The van der Waals surface area contributed by atoms with Crippen LogP contribution in [0.15, 0.2) is 46.5 Å². The van der Waals surface area contributed by atoms with E-state index < -0.39 is 16.7 Å². The first-order valence-electron chi connectivity index (χ1n) is 6.91. The van der Waals surface area contributed by atoms with Crippen molar-refractivity contribution in [2.75, 3.05) is 0 Å². The molecule has 1 heterocycles. The van der Waals surface area contributed by atoms with Gasteiger partial charge in [0.2, 0.25) is 0 Å². The van der Waals surface area contributed by atoms with Gasteiger partial charge in [-0.15, -0.1) is 0 Å². The lowest BCUT2D eigenvalue weighted by Gasteiger charge is -2.11. The maximum absolute atomic E-state index is 12.5. The molecule has 0 saturated carbocycles. The average Bonchev–Trinajstić information content (AvgIpc) is 2.48. The summed E-state index contributed by atoms with van der Waals surface area (Å²) in [5.41, 5.74) is 5.53. The summed E-state index contributed by atoms with van der Waals surface area (Å²) in [5, 5.41) is 11.3. The molecule has 0 saturated heterocycles. The number of halogens is 3. The Morgan fingerprint density at radius 2 is 2.04 bits per heavy atom. The molecule has 1 unspecified atom stereocenters. The largest absolute Gasteiger partial charge is 0.417 e. The van der Waals surface area contributed by atoms with E-state index in [9.17, 15) is 23.3 Å². The van der Waals surface area contributed by atoms with Crippen molar-refractivity contribution in [2.45, 2.75) is 35.5 Å². The molecular weight excluding hydrogens is 343 g/mol. The fourth-order valence-corrected chi connectivity index (χ4v) is 2.88. The lowest BCUT2D eigenvalue weighted by molar-refractivity contribution is -0.385. The summed E-state index contributed by atoms with van der Waals surface area (Å²) < 4.78 is 37.6. The van der Waals surface area contributed by atoms with Crippen molar-refractivity contribution in [3.63, 3.8) is 0 Å². The van der Waals surface area contributed by atoms with Crippen LogP contribution >= 0.6 is 11.8 Å². The first-order valence-corrected chi connectivity index (χ1v) is 7.72. The van der Waals surface area contributed by atoms with Gasteiger partial charge in [-0.25, -0.2) is 4.98 Å². The van der Waals surface area contributed by atoms with Gasteiger partial charge in [0.25, 0.3) is 5.69 Å². The van der Waals surface area contributed by atoms with Crippen LogP contribution in [0.5, 0.6) is 0 Å². The minimum Gasteiger partial charge on any atom is -0.328 e. The third kappa shape index (κ3) is 4.68. The van der Waals surface area contributed by atoms with E-state index in [1.807, 2.05) is 0 Å². The molecule has 0 radical (unpaired) electrons. The van der Waals surface area contributed by atoms with Crippen molar-refractivity contribution in [3.05, 3.63) is 57.8 Å². The summed E-state index contributed by atoms with van der Waals surface area (Å²) in [7, 11) is 0. The second-order valence-corrected chi connectivity index (χ2v) is 6.28. The minimum absolute atomic E-state index is 0.0598. The summed E-state index contributed by atoms with van der Waals surface area (Å²) in [6.07, 6.45) is -3.27. The molecule has 0 fully saturated rings. The normalized spacial score (nSPS) is 12.9. The summed E-state index contributed by atoms with van der Waals surface area (Å²) in [5.74, 6) is 0. The van der Waals surface area contributed by atoms with Crippen molar-refractivity contribution in [1.29, 1.82) is 0 Å². The van der Waals surface area contributed by atoms with E-state index in [1.165, 1.54) is 18.2 Å². The Hall–Kier alpha value is -2.13. The fraction of sp³-hybridized carbons (Fsp3) is 0.267. The zero-order valence-corrected chi connectivity index (χ0v) is 13.4. The van der Waals surface area contributed by atoms with Gasteiger partial charge in [-0.3, -0.25) is 10.1 Å². The van der Waals surface area contributed by atoms with Crippen molar-refractivity contribution in [2.24, 2.45) is 5.73 Å². The molecule has 1 atom stereocenters. The molecular formula is C15H14F3N3O2S. The third-order valence-corrected chi connectivity index (χ3v) is 4.14. The second kappa shape index (κ2) is 7.18. The smallest absolute Gasteiger partial charge is 0.328 e. The number of hydrogen-bond acceptors (Lipinski definition) is 5. The van der Waals surface area contributed by atoms with Crippen LogP contribution in [-0.2, 0) is 12.6 Å². The number of nitro benzene ring substituents is 1. The van der Waals surface area contributed by atoms with Crippen LogP contribution in [0.25, 0.3) is 0 Å². The van der Waals surface area contributed by atoms with Crippen LogP contribution in [0.1, 0.15) is 18.1 Å². The summed E-state index contributed by atoms with van der Waals surface area (Å²) >= 11 is 1.14. The minimum atomic E-state index is -4.44. The molecule has 0 amide bonds. The number of rotatable bonds is 5. The third-order valence-electron chi connectivity index (χ3n) is 3.07. The molecule has 2 rings (SSSR count). The highest BCUT2D eigenvalue weighted by Gasteiger charge is 2.30. The fourth-order valence-electron chi connectivity index (χ4n) is 2.01. The predicted octanol–water partition coefficient (Wildman–Crippen LogP) is 4.05. The Labute approximate surface area is 140 Å². The number of nitrogens with two attached hydrogens (primary N) is 1. The highest BCUT2D eigenvalue weighted by molar-refractivity contribution is 7.99. The Kier molecular flexibility index (Phi) is 5.45. The average molecular weight is 357 g/mol. The van der Waals surface area contributed by atoms with Crippen LogP contribution in [0.3, 0.4) is 0 Å². The summed E-state index contributed by atoms with van der Waals surface area (Å²) in [4.78, 5) is 14.9. The number of nitrogens with zero attached hydrogens (tertiary/aromatic N) is 2. The highest BCUT2D eigenvalue weighted by Crippen LogP contribution is 2.34. The molecule has 0 aliphatic heterocycles. The van der Waals surface area contributed by atoms with E-state index in [0.717, 1.165) is 24.0 Å². The Morgan fingerprint density at radius 1 is 1.33 bits per heavy atom. The maximum atomic E-state index is 12.5. The van der Waals surface area contributed by atoms with Crippen molar-refractivity contribution in [1.82, 2.24) is 4.98 Å². The van der Waals surface area contributed by atoms with Crippen LogP contribution in [-0.4, -0.2) is 15.9 Å². The first kappa shape index (κ1) is 18.2. The van der Waals surface area contributed by atoms with Gasteiger partial charge >= 0.3 is 6.18 Å². The predicted molar refractivity (Wildman–Crippen MR) is 83.8 cm³/mol. The van der Waals surface area contributed by atoms with Crippen LogP contribution < -0.4 is 5.73 Å². The van der Waals surface area contributed by atoms with Crippen LogP contribution in [0.4, 0.5) is 18.9 Å². The van der Waals surface area contributed by atoms with E-state index in [2.05, 4.69) is 4.98 Å². The molecule has 1 aromatic carbocycles. The van der Waals surface area contributed by atoms with Gasteiger partial charge in [0.15, 0.2) is 0 Å². The lowest BCUT2D eigenvalue weighted by Crippen LogP contribution is -2.18. The molecule has 0 bridgehead atoms. The quantitative estimate of drug-likeness (QED) is 0.645. The van der Waals surface area contributed by atoms with Crippen LogP contribution in [0.2, 0.25) is 0 Å². The Balaban J connectivity index is 2.29. The zero-order chi connectivity index (χ0) is 17.9. The molecule has 5 nitrogen and oxygen atoms in total. The standard InChI is InChI=1S/C15H14F3N3O2S/c1-9(19)6-10-7-12(21(22)23)3-4-13(10)24-14-5-2-11(8-20-14)15(16,17)18/h2-5,7-9H,6,19H2,1H3. The zero-order valence-electron chi connectivity index (χ0n) is 12.6. The van der Waals surface area contributed by atoms with E-state index in [4.69, 9.17) is 5.73 Å². The van der Waals surface area contributed by atoms with Gasteiger partial charge in [0.1, 0.15) is 5.03 Å². The number of alkyl halides is 3. The number of non-ortho nitro benzene ring substituents is 1. The van der Waals surface area contributed by atoms with E-state index in [1.54, 1.807) is 13.0 Å². The van der Waals surface area contributed by atoms with Gasteiger partial charge in [-0.05, 0) is 37.1 Å². The first-order chi connectivity index (χ1) is 11.2. The maximum Gasteiger partial charge on any atom is 0.417 e. The van der Waals surface area contributed by atoms with Gasteiger partial charge in [-0.2, -0.15) is 13.2 Å². The number of benzene rings is 1. The number of pyridine rings is 1. The van der Waals surface area contributed by atoms with Crippen LogP contribution in [0, 0.1) is 10.1 Å². The lowest BCUT2D eigenvalue weighted by atomic mass is 10.1. The molecule has 0 aliphatic carbocycles. The van der Waals surface area contributed by atoms with Gasteiger partial charge in [0.05, 0.1) is 10.5 Å². The topological polar surface area (TPSA) is 82.0 Å². The number of hydrogen-bond donors (Lipinski definition) is 1. The highest BCUT2D eigenvalue weighted by atomic mass is 32.2. The molecule has 24 heavy (non-hydrogen) atoms. The Bertz CT molecular complexity index is 734. The van der Waals surface area contributed by atoms with Crippen molar-refractivity contribution < 1.29 is 18.1 Å². The van der Waals surface area contributed by atoms with Gasteiger partial charge in [0, 0.05) is 29.3 Å². The van der Waals surface area contributed by atoms with E-state index in [-0.39, 0.29) is 11.7 Å². The number of nitro groups is 1. The number of aromatic nitrogens is 1. The molecule has 9 heteroatoms. The molecule has 2 N–H and O–H groups in total. The van der Waals surface area contributed by atoms with Crippen molar-refractivity contribution in [3.8, 4) is 0 Å². The molecule has 0 spiro atoms. The van der Waals surface area contributed by atoms with Gasteiger partial charge in [-0.1, -0.05) is 11.8 Å². The molecule has 1 aromatic heterocycles. The monoisotopic (exact) mass is 357 g/mol. The SMILES string of the molecule is CC(N)Cc1cc([N+](=O)[O-])ccc1Sc1ccc(C(F)(F)F)cn1. The Morgan fingerprint density at radius 3 is 2.54 bits per heavy atom. The van der Waals surface area contributed by atoms with E-state index >= 15 is 0 Å². The molecule has 2 aromatic rings. The van der Waals surface area contributed by atoms with Gasteiger partial charge < -0.3 is 5.73 Å². The van der Waals surface area contributed by atoms with E-state index in [0.29, 0.717) is 21.9 Å². The summed E-state index contributed by atoms with van der Waals surface area (Å²) in [6, 6.07) is 6.33.